The van der Waals surface area contributed by atoms with E-state index in [2.05, 4.69) is 9.97 Å². The van der Waals surface area contributed by atoms with Crippen LogP contribution in [0, 0.1) is 0 Å². The number of aromatic nitrogens is 2. The molecule has 0 radical (unpaired) electrons. The average molecular weight is 166 g/mol. The summed E-state index contributed by atoms with van der Waals surface area (Å²) in [5, 5.41) is 0.594. The predicted molar refractivity (Wildman–Crippen MR) is 47.2 cm³/mol. The Hall–Kier alpha value is -1.58. The highest BCUT2D eigenvalue weighted by Crippen LogP contribution is 1.50. The van der Waals surface area contributed by atoms with Gasteiger partial charge in [-0.05, 0) is 13.8 Å². The van der Waals surface area contributed by atoms with E-state index in [9.17, 15) is 9.59 Å². The second-order valence-electron chi connectivity index (χ2n) is 2.31. The first-order chi connectivity index (χ1) is 5.69. The van der Waals surface area contributed by atoms with E-state index in [0.717, 1.165) is 0 Å². The van der Waals surface area contributed by atoms with Crippen molar-refractivity contribution in [2.75, 3.05) is 0 Å². The first kappa shape index (κ1) is 8.52. The van der Waals surface area contributed by atoms with Crippen molar-refractivity contribution < 1.29 is 0 Å². The summed E-state index contributed by atoms with van der Waals surface area (Å²) < 4.78 is 0. The van der Waals surface area contributed by atoms with Crippen LogP contribution in [0.2, 0.25) is 0 Å². The largest absolute Gasteiger partial charge is 0.316 e. The van der Waals surface area contributed by atoms with Gasteiger partial charge in [-0.1, -0.05) is 12.2 Å². The highest BCUT2D eigenvalue weighted by atomic mass is 16.1. The van der Waals surface area contributed by atoms with Crippen LogP contribution in [0.3, 0.4) is 0 Å². The van der Waals surface area contributed by atoms with Crippen molar-refractivity contribution in [1.82, 2.24) is 9.97 Å². The Morgan fingerprint density at radius 2 is 1.25 bits per heavy atom. The van der Waals surface area contributed by atoms with Crippen LogP contribution in [0.4, 0.5) is 0 Å². The monoisotopic (exact) mass is 166 g/mol. The molecule has 0 unspecified atom stereocenters. The topological polar surface area (TPSA) is 65.7 Å². The zero-order valence-electron chi connectivity index (χ0n) is 6.97. The van der Waals surface area contributed by atoms with Gasteiger partial charge < -0.3 is 9.97 Å². The maximum atomic E-state index is 11.1. The van der Waals surface area contributed by atoms with Crippen molar-refractivity contribution in [3.8, 4) is 0 Å². The van der Waals surface area contributed by atoms with E-state index in [4.69, 9.17) is 0 Å². The smallest absolute Gasteiger partial charge is 0.271 e. The van der Waals surface area contributed by atoms with Crippen molar-refractivity contribution in [1.29, 1.82) is 0 Å². The quantitative estimate of drug-likeness (QED) is 0.501. The van der Waals surface area contributed by atoms with Crippen LogP contribution < -0.4 is 21.8 Å². The normalized spacial score (nSPS) is 13.8. The molecule has 0 saturated heterocycles. The van der Waals surface area contributed by atoms with Crippen LogP contribution in [-0.2, 0) is 0 Å². The van der Waals surface area contributed by atoms with E-state index in [1.807, 2.05) is 0 Å². The third-order valence-corrected chi connectivity index (χ3v) is 1.56. The second kappa shape index (κ2) is 3.21. The lowest BCUT2D eigenvalue weighted by atomic mass is 10.5. The zero-order valence-corrected chi connectivity index (χ0v) is 6.97. The van der Waals surface area contributed by atoms with Gasteiger partial charge in [-0.2, -0.15) is 0 Å². The fourth-order valence-electron chi connectivity index (χ4n) is 0.899. The molecule has 0 aliphatic rings. The van der Waals surface area contributed by atoms with E-state index in [1.165, 1.54) is 0 Å². The van der Waals surface area contributed by atoms with Crippen molar-refractivity contribution in [2.24, 2.45) is 0 Å². The van der Waals surface area contributed by atoms with Gasteiger partial charge in [0.05, 0.1) is 0 Å². The van der Waals surface area contributed by atoms with Gasteiger partial charge in [-0.3, -0.25) is 9.59 Å². The third-order valence-electron chi connectivity index (χ3n) is 1.56. The fourth-order valence-corrected chi connectivity index (χ4v) is 0.899. The van der Waals surface area contributed by atoms with Crippen LogP contribution in [0.5, 0.6) is 0 Å². The van der Waals surface area contributed by atoms with Gasteiger partial charge in [-0.15, -0.1) is 0 Å². The van der Waals surface area contributed by atoms with Gasteiger partial charge in [-0.25, -0.2) is 0 Å². The van der Waals surface area contributed by atoms with E-state index in [1.54, 1.807) is 26.0 Å². The van der Waals surface area contributed by atoms with Crippen LogP contribution in [-0.4, -0.2) is 9.97 Å². The van der Waals surface area contributed by atoms with Gasteiger partial charge in [0.1, 0.15) is 10.7 Å². The van der Waals surface area contributed by atoms with Gasteiger partial charge >= 0.3 is 0 Å². The highest BCUT2D eigenvalue weighted by molar-refractivity contribution is 5.15. The summed E-state index contributed by atoms with van der Waals surface area (Å²) in [7, 11) is 0. The standard InChI is InChI=1S/C8H10N2O2/c1-3-5-7(11)10-6(4-2)8(12)9-5/h3-4H,1-2H3,(H,9,12)(H,10,11)/b5-3-,6-4+. The van der Waals surface area contributed by atoms with Gasteiger partial charge in [0.2, 0.25) is 0 Å². The summed E-state index contributed by atoms with van der Waals surface area (Å²) in [6.07, 6.45) is 3.11. The molecule has 4 nitrogen and oxygen atoms in total. The molecule has 0 saturated carbocycles. The molecule has 0 fully saturated rings. The van der Waals surface area contributed by atoms with Crippen LogP contribution in [0.15, 0.2) is 9.59 Å². The lowest BCUT2D eigenvalue weighted by Gasteiger charge is -1.86. The van der Waals surface area contributed by atoms with E-state index >= 15 is 0 Å². The molecule has 0 aromatic carbocycles. The first-order valence-corrected chi connectivity index (χ1v) is 3.64. The number of hydrogen-bond donors (Lipinski definition) is 2. The minimum Gasteiger partial charge on any atom is -0.316 e. The molecule has 1 aromatic heterocycles. The Labute approximate surface area is 68.3 Å². The second-order valence-corrected chi connectivity index (χ2v) is 2.31. The zero-order chi connectivity index (χ0) is 9.14. The summed E-state index contributed by atoms with van der Waals surface area (Å²) in [5.74, 6) is 0. The minimum absolute atomic E-state index is 0.273. The maximum absolute atomic E-state index is 11.1. The number of H-pyrrole nitrogens is 2. The molecule has 0 aliphatic heterocycles. The van der Waals surface area contributed by atoms with Gasteiger partial charge in [0.25, 0.3) is 11.1 Å². The summed E-state index contributed by atoms with van der Waals surface area (Å²) in [5.41, 5.74) is -0.546. The molecule has 4 heteroatoms. The molecule has 2 N–H and O–H groups in total. The van der Waals surface area contributed by atoms with Crippen molar-refractivity contribution in [3.63, 3.8) is 0 Å². The number of hydrogen-bond acceptors (Lipinski definition) is 2. The molecule has 1 aromatic rings. The molecule has 0 aliphatic carbocycles. The number of rotatable bonds is 0. The molecule has 1 rings (SSSR count). The van der Waals surface area contributed by atoms with Crippen molar-refractivity contribution in [2.45, 2.75) is 13.8 Å². The van der Waals surface area contributed by atoms with Crippen LogP contribution >= 0.6 is 0 Å². The van der Waals surface area contributed by atoms with Gasteiger partial charge in [0, 0.05) is 0 Å². The molecular weight excluding hydrogens is 156 g/mol. The molecule has 12 heavy (non-hydrogen) atoms. The van der Waals surface area contributed by atoms with Crippen molar-refractivity contribution in [3.05, 3.63) is 31.4 Å². The summed E-state index contributed by atoms with van der Waals surface area (Å²) in [6, 6.07) is 0. The average Bonchev–Trinajstić information content (AvgIpc) is 2.08. The molecule has 64 valence electrons. The van der Waals surface area contributed by atoms with Crippen LogP contribution in [0.1, 0.15) is 13.8 Å². The summed E-state index contributed by atoms with van der Waals surface area (Å²) in [4.78, 5) is 27.1. The summed E-state index contributed by atoms with van der Waals surface area (Å²) >= 11 is 0. The van der Waals surface area contributed by atoms with E-state index < -0.39 is 0 Å². The van der Waals surface area contributed by atoms with Crippen molar-refractivity contribution >= 4 is 12.2 Å². The molecule has 0 spiro atoms. The molecular formula is C8H10N2O2. The Kier molecular flexibility index (Phi) is 2.28. The number of nitrogens with one attached hydrogen (secondary N) is 2. The molecule has 0 atom stereocenters. The summed E-state index contributed by atoms with van der Waals surface area (Å²) in [6.45, 7) is 3.38. The number of aromatic amines is 2. The first-order valence-electron chi connectivity index (χ1n) is 3.64. The lowest BCUT2D eigenvalue weighted by Crippen LogP contribution is -2.46. The molecule has 1 heterocycles. The lowest BCUT2D eigenvalue weighted by molar-refractivity contribution is 1.000. The van der Waals surface area contributed by atoms with Crippen LogP contribution in [0.25, 0.3) is 12.2 Å². The third kappa shape index (κ3) is 1.37. The maximum Gasteiger partial charge on any atom is 0.271 e. The molecule has 0 amide bonds. The predicted octanol–water partition coefficient (Wildman–Crippen LogP) is -1.34. The Balaban J connectivity index is 3.84. The van der Waals surface area contributed by atoms with E-state index in [-0.39, 0.29) is 11.1 Å². The SMILES string of the molecule is C/C=c1\[nH]c(=O)/c(=C\C)[nH]c1=O. The van der Waals surface area contributed by atoms with E-state index in [0.29, 0.717) is 10.7 Å². The molecule has 0 bridgehead atoms. The Morgan fingerprint density at radius 3 is 1.50 bits per heavy atom. The fraction of sp³-hybridized carbons (Fsp3) is 0.250. The minimum atomic E-state index is -0.273. The Morgan fingerprint density at radius 1 is 0.917 bits per heavy atom. The Bertz CT molecular complexity index is 445. The van der Waals surface area contributed by atoms with Gasteiger partial charge in [0.15, 0.2) is 0 Å². The highest BCUT2D eigenvalue weighted by Gasteiger charge is 1.90.